The third-order valence-corrected chi connectivity index (χ3v) is 4.64. The van der Waals surface area contributed by atoms with Crippen LogP contribution in [0.4, 0.5) is 5.69 Å². The summed E-state index contributed by atoms with van der Waals surface area (Å²) in [4.78, 5) is 35.4. The molecular formula is C16H15N3O5S. The number of carbonyl (C=O) groups excluding carboxylic acids is 2. The topological polar surface area (TPSA) is 122 Å². The number of methoxy groups -OCH3 is 1. The highest BCUT2D eigenvalue weighted by molar-refractivity contribution is 8.03. The van der Waals surface area contributed by atoms with Crippen molar-refractivity contribution in [3.8, 4) is 6.07 Å². The van der Waals surface area contributed by atoms with Crippen LogP contribution >= 0.6 is 11.8 Å². The normalized spacial score (nSPS) is 19.8. The molecule has 0 saturated heterocycles. The number of carbonyl (C=O) groups is 2. The molecule has 1 aromatic rings. The molecule has 0 bridgehead atoms. The van der Waals surface area contributed by atoms with Crippen LogP contribution in [-0.2, 0) is 14.3 Å². The first-order valence-corrected chi connectivity index (χ1v) is 8.33. The molecule has 1 aliphatic heterocycles. The standard InChI is InChI=1S/C16H15N3O5S/c1-3-25-15-10(8-17)12(13(14(20)18-15)16(21)24-2)9-6-4-5-7-11(9)19(22)23/h4-7,12-13H,3H2,1-2H3,(H,18,20)/t12-,13+/m0/s1. The number of benzene rings is 1. The number of nitro groups is 1. The molecule has 2 atom stereocenters. The SMILES string of the molecule is CCSC1=C(C#N)[C@H](c2ccccc2[N+](=O)[O-])[C@@H](C(=O)OC)C(=O)N1. The number of nitrogens with zero attached hydrogens (tertiary/aromatic N) is 2. The van der Waals surface area contributed by atoms with Crippen LogP contribution in [0, 0.1) is 27.4 Å². The Bertz CT molecular complexity index is 799. The van der Waals surface area contributed by atoms with Gasteiger partial charge in [0.25, 0.3) is 5.69 Å². The highest BCUT2D eigenvalue weighted by Gasteiger charge is 2.46. The molecule has 1 heterocycles. The van der Waals surface area contributed by atoms with E-state index in [0.717, 1.165) is 7.11 Å². The number of para-hydroxylation sites is 1. The summed E-state index contributed by atoms with van der Waals surface area (Å²) in [6, 6.07) is 7.76. The summed E-state index contributed by atoms with van der Waals surface area (Å²) >= 11 is 1.23. The first-order valence-electron chi connectivity index (χ1n) is 7.35. The zero-order valence-electron chi connectivity index (χ0n) is 13.5. The Balaban J connectivity index is 2.75. The van der Waals surface area contributed by atoms with Crippen molar-refractivity contribution in [3.05, 3.63) is 50.5 Å². The lowest BCUT2D eigenvalue weighted by Gasteiger charge is -2.30. The van der Waals surface area contributed by atoms with E-state index in [1.165, 1.54) is 30.0 Å². The van der Waals surface area contributed by atoms with E-state index in [2.05, 4.69) is 5.32 Å². The smallest absolute Gasteiger partial charge is 0.319 e. The largest absolute Gasteiger partial charge is 0.468 e. The second kappa shape index (κ2) is 7.81. The van der Waals surface area contributed by atoms with Crippen LogP contribution < -0.4 is 5.32 Å². The Morgan fingerprint density at radius 2 is 2.16 bits per heavy atom. The van der Waals surface area contributed by atoms with Gasteiger partial charge in [-0.3, -0.25) is 19.7 Å². The Morgan fingerprint density at radius 3 is 2.72 bits per heavy atom. The van der Waals surface area contributed by atoms with Crippen LogP contribution in [-0.4, -0.2) is 29.7 Å². The second-order valence-electron chi connectivity index (χ2n) is 5.07. The number of nitriles is 1. The zero-order valence-corrected chi connectivity index (χ0v) is 14.3. The molecular weight excluding hydrogens is 346 g/mol. The van der Waals surface area contributed by atoms with E-state index < -0.39 is 28.6 Å². The maximum atomic E-state index is 12.5. The van der Waals surface area contributed by atoms with Gasteiger partial charge in [-0.25, -0.2) is 0 Å². The molecule has 9 heteroatoms. The van der Waals surface area contributed by atoms with Crippen molar-refractivity contribution < 1.29 is 19.2 Å². The number of allylic oxidation sites excluding steroid dienone is 1. The van der Waals surface area contributed by atoms with Crippen molar-refractivity contribution >= 4 is 29.3 Å². The summed E-state index contributed by atoms with van der Waals surface area (Å²) in [5.74, 6) is -3.38. The lowest BCUT2D eigenvalue weighted by molar-refractivity contribution is -0.385. The second-order valence-corrected chi connectivity index (χ2v) is 6.35. The van der Waals surface area contributed by atoms with Crippen LogP contribution in [0.25, 0.3) is 0 Å². The van der Waals surface area contributed by atoms with Crippen molar-refractivity contribution in [2.24, 2.45) is 5.92 Å². The van der Waals surface area contributed by atoms with Gasteiger partial charge in [0.1, 0.15) is 5.92 Å². The monoisotopic (exact) mass is 361 g/mol. The minimum atomic E-state index is -1.37. The number of rotatable bonds is 5. The van der Waals surface area contributed by atoms with Crippen LogP contribution in [0.1, 0.15) is 18.4 Å². The highest BCUT2D eigenvalue weighted by Crippen LogP contribution is 2.42. The maximum Gasteiger partial charge on any atom is 0.319 e. The summed E-state index contributed by atoms with van der Waals surface area (Å²) in [6.07, 6.45) is 0. The predicted molar refractivity (Wildman–Crippen MR) is 90.3 cm³/mol. The van der Waals surface area contributed by atoms with Gasteiger partial charge in [0, 0.05) is 11.6 Å². The molecule has 1 N–H and O–H groups in total. The third kappa shape index (κ3) is 3.49. The molecule has 2 rings (SSSR count). The van der Waals surface area contributed by atoms with Crippen LogP contribution in [0.5, 0.6) is 0 Å². The maximum absolute atomic E-state index is 12.5. The summed E-state index contributed by atoms with van der Waals surface area (Å²) in [7, 11) is 1.12. The Labute approximate surface area is 148 Å². The van der Waals surface area contributed by atoms with Crippen molar-refractivity contribution in [3.63, 3.8) is 0 Å². The number of ether oxygens (including phenoxy) is 1. The van der Waals surface area contributed by atoms with E-state index in [0.29, 0.717) is 10.8 Å². The molecule has 130 valence electrons. The van der Waals surface area contributed by atoms with E-state index in [4.69, 9.17) is 4.74 Å². The third-order valence-electron chi connectivity index (χ3n) is 3.74. The fraction of sp³-hybridized carbons (Fsp3) is 0.312. The number of amides is 1. The summed E-state index contributed by atoms with van der Waals surface area (Å²) in [5, 5.41) is 23.8. The molecule has 8 nitrogen and oxygen atoms in total. The van der Waals surface area contributed by atoms with Gasteiger partial charge in [0.05, 0.1) is 34.6 Å². The van der Waals surface area contributed by atoms with Gasteiger partial charge in [0.15, 0.2) is 0 Å². The molecule has 25 heavy (non-hydrogen) atoms. The van der Waals surface area contributed by atoms with Crippen molar-refractivity contribution in [2.45, 2.75) is 12.8 Å². The average Bonchev–Trinajstić information content (AvgIpc) is 2.60. The van der Waals surface area contributed by atoms with Crippen molar-refractivity contribution in [2.75, 3.05) is 12.9 Å². The molecule has 0 fully saturated rings. The summed E-state index contributed by atoms with van der Waals surface area (Å²) < 4.78 is 4.69. The van der Waals surface area contributed by atoms with Gasteiger partial charge in [-0.05, 0) is 5.75 Å². The summed E-state index contributed by atoms with van der Waals surface area (Å²) in [6.45, 7) is 1.84. The van der Waals surface area contributed by atoms with E-state index in [1.807, 2.05) is 13.0 Å². The molecule has 1 aliphatic rings. The highest BCUT2D eigenvalue weighted by atomic mass is 32.2. The molecule has 0 radical (unpaired) electrons. The number of esters is 1. The number of nitro benzene ring substituents is 1. The number of thioether (sulfide) groups is 1. The van der Waals surface area contributed by atoms with Gasteiger partial charge in [-0.15, -0.1) is 11.8 Å². The first-order chi connectivity index (χ1) is 12.0. The number of hydrogen-bond acceptors (Lipinski definition) is 7. The quantitative estimate of drug-likeness (QED) is 0.369. The van der Waals surface area contributed by atoms with Gasteiger partial charge in [-0.2, -0.15) is 5.26 Å². The van der Waals surface area contributed by atoms with Crippen LogP contribution in [0.15, 0.2) is 34.9 Å². The minimum Gasteiger partial charge on any atom is -0.468 e. The molecule has 0 aromatic heterocycles. The lowest BCUT2D eigenvalue weighted by atomic mass is 9.78. The van der Waals surface area contributed by atoms with Crippen LogP contribution in [0.2, 0.25) is 0 Å². The minimum absolute atomic E-state index is 0.108. The number of nitrogens with one attached hydrogen (secondary N) is 1. The predicted octanol–water partition coefficient (Wildman–Crippen LogP) is 2.09. The molecule has 0 unspecified atom stereocenters. The van der Waals surface area contributed by atoms with E-state index in [1.54, 1.807) is 6.07 Å². The Hall–Kier alpha value is -2.86. The first kappa shape index (κ1) is 18.5. The van der Waals surface area contributed by atoms with E-state index in [-0.39, 0.29) is 16.8 Å². The van der Waals surface area contributed by atoms with Crippen molar-refractivity contribution in [1.82, 2.24) is 5.32 Å². The fourth-order valence-electron chi connectivity index (χ4n) is 2.72. The van der Waals surface area contributed by atoms with Gasteiger partial charge >= 0.3 is 5.97 Å². The molecule has 1 amide bonds. The molecule has 0 saturated carbocycles. The fourth-order valence-corrected chi connectivity index (χ4v) is 3.51. The Morgan fingerprint density at radius 1 is 1.48 bits per heavy atom. The molecule has 1 aromatic carbocycles. The van der Waals surface area contributed by atoms with Gasteiger partial charge in [-0.1, -0.05) is 25.1 Å². The molecule has 0 aliphatic carbocycles. The van der Waals surface area contributed by atoms with E-state index >= 15 is 0 Å². The Kier molecular flexibility index (Phi) is 5.77. The lowest BCUT2D eigenvalue weighted by Crippen LogP contribution is -2.44. The van der Waals surface area contributed by atoms with Gasteiger partial charge in [0.2, 0.25) is 5.91 Å². The average molecular weight is 361 g/mol. The van der Waals surface area contributed by atoms with Crippen molar-refractivity contribution in [1.29, 1.82) is 5.26 Å². The van der Waals surface area contributed by atoms with Crippen LogP contribution in [0.3, 0.4) is 0 Å². The zero-order chi connectivity index (χ0) is 18.6. The molecule has 0 spiro atoms. The summed E-state index contributed by atoms with van der Waals surface area (Å²) in [5.41, 5.74) is -0.0237. The van der Waals surface area contributed by atoms with E-state index in [9.17, 15) is 25.0 Å². The number of hydrogen-bond donors (Lipinski definition) is 1. The van der Waals surface area contributed by atoms with Gasteiger partial charge < -0.3 is 10.1 Å².